The van der Waals surface area contributed by atoms with Crippen molar-refractivity contribution >= 4 is 55.6 Å². The monoisotopic (exact) mass is 376 g/mol. The quantitative estimate of drug-likeness (QED) is 0.688. The summed E-state index contributed by atoms with van der Waals surface area (Å²) in [5, 5.41) is 1.83. The highest BCUT2D eigenvalue weighted by Crippen LogP contribution is 2.45. The van der Waals surface area contributed by atoms with E-state index in [0.29, 0.717) is 15.2 Å². The lowest BCUT2D eigenvalue weighted by Crippen LogP contribution is -2.09. The first kappa shape index (κ1) is 13.7. The normalized spacial score (nSPS) is 18.4. The van der Waals surface area contributed by atoms with Crippen molar-refractivity contribution in [2.75, 3.05) is 5.73 Å². The maximum absolute atomic E-state index is 6.40. The zero-order valence-electron chi connectivity index (χ0n) is 9.92. The van der Waals surface area contributed by atoms with E-state index in [1.807, 2.05) is 12.1 Å². The van der Waals surface area contributed by atoms with Gasteiger partial charge in [-0.1, -0.05) is 29.3 Å². The lowest BCUT2D eigenvalue weighted by molar-refractivity contribution is 0.617. The van der Waals surface area contributed by atoms with Gasteiger partial charge >= 0.3 is 0 Å². The van der Waals surface area contributed by atoms with E-state index in [0.717, 1.165) is 35.0 Å². The molecule has 0 bridgehead atoms. The predicted molar refractivity (Wildman–Crippen MR) is 85.5 cm³/mol. The molecule has 1 aliphatic rings. The van der Waals surface area contributed by atoms with Gasteiger partial charge in [-0.2, -0.15) is 0 Å². The number of hydrogen-bond donors (Lipinski definition) is 1. The average Bonchev–Trinajstić information content (AvgIpc) is 2.76. The van der Waals surface area contributed by atoms with Crippen LogP contribution in [-0.4, -0.2) is 4.98 Å². The van der Waals surface area contributed by atoms with Crippen LogP contribution in [0.5, 0.6) is 0 Å². The number of thiazole rings is 1. The molecule has 0 fully saturated rings. The van der Waals surface area contributed by atoms with Crippen LogP contribution in [0.2, 0.25) is 10.0 Å². The van der Waals surface area contributed by atoms with Crippen LogP contribution in [0.3, 0.4) is 0 Å². The van der Waals surface area contributed by atoms with E-state index in [9.17, 15) is 0 Å². The summed E-state index contributed by atoms with van der Waals surface area (Å²) in [7, 11) is 0. The van der Waals surface area contributed by atoms with E-state index >= 15 is 0 Å². The van der Waals surface area contributed by atoms with Crippen LogP contribution in [-0.2, 0) is 6.42 Å². The molecule has 0 saturated heterocycles. The molecule has 1 unspecified atom stereocenters. The number of nitrogens with zero attached hydrogens (tertiary/aromatic N) is 1. The number of nitrogen functional groups attached to an aromatic ring is 1. The number of aryl methyl sites for hydroxylation is 1. The van der Waals surface area contributed by atoms with Gasteiger partial charge in [0.15, 0.2) is 5.13 Å². The van der Waals surface area contributed by atoms with Gasteiger partial charge in [0.05, 0.1) is 15.7 Å². The Kier molecular flexibility index (Phi) is 3.78. The minimum absolute atomic E-state index is 0.261. The van der Waals surface area contributed by atoms with Crippen molar-refractivity contribution in [1.82, 2.24) is 4.98 Å². The number of nitrogens with two attached hydrogens (primary N) is 1. The molecule has 1 aromatic carbocycles. The summed E-state index contributed by atoms with van der Waals surface area (Å²) >= 11 is 17.6. The van der Waals surface area contributed by atoms with Crippen molar-refractivity contribution < 1.29 is 0 Å². The summed E-state index contributed by atoms with van der Waals surface area (Å²) in [5.41, 5.74) is 8.02. The summed E-state index contributed by atoms with van der Waals surface area (Å²) in [5.74, 6) is 0.261. The molecule has 0 saturated carbocycles. The Labute approximate surface area is 134 Å². The largest absolute Gasteiger partial charge is 0.375 e. The van der Waals surface area contributed by atoms with Crippen molar-refractivity contribution in [3.05, 3.63) is 42.8 Å². The number of hydrogen-bond acceptors (Lipinski definition) is 3. The molecular weight excluding hydrogens is 367 g/mol. The van der Waals surface area contributed by atoms with Gasteiger partial charge < -0.3 is 5.73 Å². The van der Waals surface area contributed by atoms with Crippen LogP contribution in [0.25, 0.3) is 0 Å². The molecule has 6 heteroatoms. The number of benzene rings is 1. The first-order chi connectivity index (χ1) is 9.08. The molecule has 1 atom stereocenters. The highest BCUT2D eigenvalue weighted by atomic mass is 79.9. The number of rotatable bonds is 1. The van der Waals surface area contributed by atoms with Gasteiger partial charge in [-0.3, -0.25) is 0 Å². The SMILES string of the molecule is Nc1nc2c(s1)C(c1ccc(Br)c(Cl)c1Cl)CCC2. The summed E-state index contributed by atoms with van der Waals surface area (Å²) < 4.78 is 0.822. The van der Waals surface area contributed by atoms with Crippen LogP contribution < -0.4 is 5.73 Å². The molecule has 3 rings (SSSR count). The highest BCUT2D eigenvalue weighted by molar-refractivity contribution is 9.10. The van der Waals surface area contributed by atoms with Crippen molar-refractivity contribution in [3.63, 3.8) is 0 Å². The smallest absolute Gasteiger partial charge is 0.180 e. The molecular formula is C13H11BrCl2N2S. The second kappa shape index (κ2) is 5.24. The lowest BCUT2D eigenvalue weighted by Gasteiger charge is -2.23. The third-order valence-corrected chi connectivity index (χ3v) is 6.23. The fourth-order valence-corrected chi connectivity index (χ4v) is 4.49. The number of aromatic nitrogens is 1. The standard InChI is InChI=1S/C13H11BrCl2N2S/c14-8-5-4-6(10(15)11(8)16)7-2-1-3-9-12(7)19-13(17)18-9/h4-5,7H,1-3H2,(H2,17,18). The maximum atomic E-state index is 6.40. The summed E-state index contributed by atoms with van der Waals surface area (Å²) in [6.45, 7) is 0. The maximum Gasteiger partial charge on any atom is 0.180 e. The van der Waals surface area contributed by atoms with E-state index in [4.69, 9.17) is 28.9 Å². The molecule has 2 nitrogen and oxygen atoms in total. The van der Waals surface area contributed by atoms with Gasteiger partial charge in [0.1, 0.15) is 0 Å². The third-order valence-electron chi connectivity index (χ3n) is 3.41. The van der Waals surface area contributed by atoms with E-state index < -0.39 is 0 Å². The van der Waals surface area contributed by atoms with Gasteiger partial charge in [0, 0.05) is 15.3 Å². The van der Waals surface area contributed by atoms with E-state index in [2.05, 4.69) is 20.9 Å². The number of fused-ring (bicyclic) bond motifs is 1. The number of halogens is 3. The van der Waals surface area contributed by atoms with Crippen molar-refractivity contribution in [1.29, 1.82) is 0 Å². The summed E-state index contributed by atoms with van der Waals surface area (Å²) in [6.07, 6.45) is 3.17. The Hall–Kier alpha value is -0.290. The lowest BCUT2D eigenvalue weighted by atomic mass is 9.86. The van der Waals surface area contributed by atoms with Crippen molar-refractivity contribution in [2.24, 2.45) is 0 Å². The van der Waals surface area contributed by atoms with Gasteiger partial charge in [0.2, 0.25) is 0 Å². The average molecular weight is 378 g/mol. The summed E-state index contributed by atoms with van der Waals surface area (Å²) in [6, 6.07) is 3.98. The van der Waals surface area contributed by atoms with Gasteiger partial charge in [-0.15, -0.1) is 11.3 Å². The van der Waals surface area contributed by atoms with Crippen molar-refractivity contribution in [3.8, 4) is 0 Å². The topological polar surface area (TPSA) is 38.9 Å². The summed E-state index contributed by atoms with van der Waals surface area (Å²) in [4.78, 5) is 5.65. The zero-order chi connectivity index (χ0) is 13.6. The molecule has 0 amide bonds. The second-order valence-electron chi connectivity index (χ2n) is 4.57. The Morgan fingerprint density at radius 3 is 2.89 bits per heavy atom. The molecule has 0 spiro atoms. The van der Waals surface area contributed by atoms with Crippen LogP contribution in [0.4, 0.5) is 5.13 Å². The van der Waals surface area contributed by atoms with Gasteiger partial charge in [-0.25, -0.2) is 4.98 Å². The van der Waals surface area contributed by atoms with E-state index in [-0.39, 0.29) is 5.92 Å². The molecule has 0 aliphatic heterocycles. The van der Waals surface area contributed by atoms with Crippen LogP contribution in [0.15, 0.2) is 16.6 Å². The molecule has 100 valence electrons. The highest BCUT2D eigenvalue weighted by Gasteiger charge is 2.27. The first-order valence-corrected chi connectivity index (χ1v) is 8.33. The van der Waals surface area contributed by atoms with Crippen LogP contribution in [0, 0.1) is 0 Å². The van der Waals surface area contributed by atoms with Crippen LogP contribution in [0.1, 0.15) is 34.9 Å². The molecule has 19 heavy (non-hydrogen) atoms. The second-order valence-corrected chi connectivity index (χ2v) is 7.24. The molecule has 2 aromatic rings. The van der Waals surface area contributed by atoms with E-state index in [1.165, 1.54) is 4.88 Å². The number of anilines is 1. The Bertz CT molecular complexity index is 642. The molecule has 2 N–H and O–H groups in total. The third kappa shape index (κ3) is 2.40. The minimum Gasteiger partial charge on any atom is -0.375 e. The zero-order valence-corrected chi connectivity index (χ0v) is 13.8. The fourth-order valence-electron chi connectivity index (χ4n) is 2.55. The van der Waals surface area contributed by atoms with Crippen molar-refractivity contribution in [2.45, 2.75) is 25.2 Å². The van der Waals surface area contributed by atoms with Crippen LogP contribution >= 0.6 is 50.5 Å². The molecule has 0 radical (unpaired) electrons. The van der Waals surface area contributed by atoms with E-state index in [1.54, 1.807) is 11.3 Å². The molecule has 1 aromatic heterocycles. The Morgan fingerprint density at radius 2 is 2.11 bits per heavy atom. The Balaban J connectivity index is 2.11. The molecule has 1 aliphatic carbocycles. The fraction of sp³-hybridized carbons (Fsp3) is 0.308. The van der Waals surface area contributed by atoms with Gasteiger partial charge in [0.25, 0.3) is 0 Å². The minimum atomic E-state index is 0.261. The predicted octanol–water partition coefficient (Wildman–Crippen LogP) is 5.26. The van der Waals surface area contributed by atoms with Gasteiger partial charge in [-0.05, 0) is 46.8 Å². The first-order valence-electron chi connectivity index (χ1n) is 5.96. The molecule has 1 heterocycles. The Morgan fingerprint density at radius 1 is 1.32 bits per heavy atom.